The number of hydrogen-bond donors (Lipinski definition) is 1. The van der Waals surface area contributed by atoms with Gasteiger partial charge in [0, 0.05) is 23.6 Å². The highest BCUT2D eigenvalue weighted by Gasteiger charge is 2.27. The van der Waals surface area contributed by atoms with E-state index in [2.05, 4.69) is 18.8 Å². The molecule has 0 radical (unpaired) electrons. The summed E-state index contributed by atoms with van der Waals surface area (Å²) in [4.78, 5) is 18.6. The number of aromatic nitrogens is 1. The monoisotopic (exact) mass is 279 g/mol. The van der Waals surface area contributed by atoms with Crippen molar-refractivity contribution < 1.29 is 4.79 Å². The molecule has 0 aliphatic carbocycles. The zero-order chi connectivity index (χ0) is 14.0. The largest absolute Gasteiger partial charge is 0.397 e. The van der Waals surface area contributed by atoms with Crippen molar-refractivity contribution in [3.05, 3.63) is 23.5 Å². The minimum atomic E-state index is 0.0515. The van der Waals surface area contributed by atoms with Gasteiger partial charge in [0.2, 0.25) is 0 Å². The summed E-state index contributed by atoms with van der Waals surface area (Å²) >= 11 is 1.93. The third kappa shape index (κ3) is 3.41. The molecule has 4 nitrogen and oxygen atoms in total. The van der Waals surface area contributed by atoms with Gasteiger partial charge in [-0.15, -0.1) is 0 Å². The van der Waals surface area contributed by atoms with Crippen molar-refractivity contribution in [2.75, 3.05) is 24.6 Å². The van der Waals surface area contributed by atoms with Gasteiger partial charge in [-0.1, -0.05) is 13.8 Å². The number of amides is 1. The first-order valence-corrected chi connectivity index (χ1v) is 7.53. The molecule has 0 aromatic carbocycles. The van der Waals surface area contributed by atoms with E-state index in [1.54, 1.807) is 12.3 Å². The first-order valence-electron chi connectivity index (χ1n) is 6.54. The summed E-state index contributed by atoms with van der Waals surface area (Å²) in [7, 11) is 0. The molecule has 1 aromatic rings. The molecular weight excluding hydrogens is 258 g/mol. The first-order chi connectivity index (χ1) is 8.89. The van der Waals surface area contributed by atoms with E-state index < -0.39 is 0 Å². The fourth-order valence-electron chi connectivity index (χ4n) is 2.16. The third-order valence-electron chi connectivity index (χ3n) is 3.46. The van der Waals surface area contributed by atoms with Gasteiger partial charge in [0.25, 0.3) is 5.91 Å². The minimum absolute atomic E-state index is 0.0515. The highest BCUT2D eigenvalue weighted by Crippen LogP contribution is 2.31. The van der Waals surface area contributed by atoms with E-state index in [0.29, 0.717) is 11.3 Å². The van der Waals surface area contributed by atoms with E-state index in [1.807, 2.05) is 23.6 Å². The molecule has 1 aliphatic rings. The molecule has 1 amide bonds. The quantitative estimate of drug-likeness (QED) is 0.857. The van der Waals surface area contributed by atoms with Crippen LogP contribution in [0.25, 0.3) is 0 Å². The molecule has 2 rings (SSSR count). The molecule has 0 atom stereocenters. The normalized spacial score (nSPS) is 19.0. The molecule has 0 bridgehead atoms. The predicted octanol–water partition coefficient (Wildman–Crippen LogP) is 2.33. The zero-order valence-electron chi connectivity index (χ0n) is 11.8. The van der Waals surface area contributed by atoms with Crippen molar-refractivity contribution in [3.63, 3.8) is 0 Å². The van der Waals surface area contributed by atoms with E-state index in [9.17, 15) is 4.79 Å². The van der Waals surface area contributed by atoms with Crippen LogP contribution in [0, 0.1) is 6.92 Å². The number of nitrogen functional groups attached to an aromatic ring is 1. The predicted molar refractivity (Wildman–Crippen MR) is 80.4 cm³/mol. The van der Waals surface area contributed by atoms with E-state index in [4.69, 9.17) is 5.73 Å². The van der Waals surface area contributed by atoms with Crippen molar-refractivity contribution in [3.8, 4) is 0 Å². The van der Waals surface area contributed by atoms with Crippen molar-refractivity contribution in [2.24, 2.45) is 0 Å². The van der Waals surface area contributed by atoms with Crippen LogP contribution in [0.4, 0.5) is 5.69 Å². The van der Waals surface area contributed by atoms with Crippen LogP contribution in [-0.2, 0) is 0 Å². The number of pyridine rings is 1. The van der Waals surface area contributed by atoms with Crippen molar-refractivity contribution in [2.45, 2.75) is 31.9 Å². The smallest absolute Gasteiger partial charge is 0.255 e. The van der Waals surface area contributed by atoms with Crippen LogP contribution in [0.5, 0.6) is 0 Å². The number of aryl methyl sites for hydroxylation is 1. The number of carbonyl (C=O) groups is 1. The second-order valence-electron chi connectivity index (χ2n) is 5.55. The molecule has 5 heteroatoms. The summed E-state index contributed by atoms with van der Waals surface area (Å²) in [5.74, 6) is 1.03. The van der Waals surface area contributed by atoms with E-state index in [0.717, 1.165) is 31.0 Å². The van der Waals surface area contributed by atoms with Gasteiger partial charge in [-0.2, -0.15) is 11.8 Å². The summed E-state index contributed by atoms with van der Waals surface area (Å²) in [6, 6.07) is 1.73. The number of nitrogens with zero attached hydrogens (tertiary/aromatic N) is 2. The topological polar surface area (TPSA) is 59.2 Å². The summed E-state index contributed by atoms with van der Waals surface area (Å²) in [6.07, 6.45) is 2.60. The summed E-state index contributed by atoms with van der Waals surface area (Å²) in [6.45, 7) is 7.91. The van der Waals surface area contributed by atoms with Crippen LogP contribution in [0.1, 0.15) is 36.3 Å². The Kier molecular flexibility index (Phi) is 4.04. The Labute approximate surface area is 118 Å². The SMILES string of the molecule is Cc1ncc(N)cc1C(=O)N1CCSC(C)(C)CC1. The van der Waals surface area contributed by atoms with E-state index in [1.165, 1.54) is 0 Å². The maximum atomic E-state index is 12.6. The first kappa shape index (κ1) is 14.2. The number of anilines is 1. The number of carbonyl (C=O) groups excluding carboxylic acids is 1. The second kappa shape index (κ2) is 5.41. The van der Waals surface area contributed by atoms with Gasteiger partial charge in [-0.05, 0) is 19.4 Å². The van der Waals surface area contributed by atoms with Crippen LogP contribution < -0.4 is 5.73 Å². The zero-order valence-corrected chi connectivity index (χ0v) is 12.6. The molecule has 1 saturated heterocycles. The highest BCUT2D eigenvalue weighted by atomic mass is 32.2. The van der Waals surface area contributed by atoms with Gasteiger partial charge in [0.15, 0.2) is 0 Å². The van der Waals surface area contributed by atoms with Gasteiger partial charge < -0.3 is 10.6 Å². The molecular formula is C14H21N3OS. The second-order valence-corrected chi connectivity index (χ2v) is 7.35. The van der Waals surface area contributed by atoms with Crippen LogP contribution in [0.15, 0.2) is 12.3 Å². The molecule has 2 N–H and O–H groups in total. The lowest BCUT2D eigenvalue weighted by atomic mass is 10.1. The van der Waals surface area contributed by atoms with E-state index in [-0.39, 0.29) is 10.7 Å². The van der Waals surface area contributed by atoms with E-state index >= 15 is 0 Å². The van der Waals surface area contributed by atoms with Gasteiger partial charge in [-0.25, -0.2) is 0 Å². The average Bonchev–Trinajstić information content (AvgIpc) is 2.52. The van der Waals surface area contributed by atoms with Crippen molar-refractivity contribution >= 4 is 23.4 Å². The van der Waals surface area contributed by atoms with Gasteiger partial charge in [0.05, 0.1) is 23.1 Å². The van der Waals surface area contributed by atoms with Crippen LogP contribution in [0.2, 0.25) is 0 Å². The van der Waals surface area contributed by atoms with Crippen LogP contribution >= 0.6 is 11.8 Å². The fraction of sp³-hybridized carbons (Fsp3) is 0.571. The molecule has 19 heavy (non-hydrogen) atoms. The van der Waals surface area contributed by atoms with Crippen LogP contribution in [-0.4, -0.2) is 39.4 Å². The van der Waals surface area contributed by atoms with Gasteiger partial charge >= 0.3 is 0 Å². The lowest BCUT2D eigenvalue weighted by Gasteiger charge is -2.23. The van der Waals surface area contributed by atoms with Gasteiger partial charge in [0.1, 0.15) is 0 Å². The third-order valence-corrected chi connectivity index (χ3v) is 4.84. The number of hydrogen-bond acceptors (Lipinski definition) is 4. The fourth-order valence-corrected chi connectivity index (χ4v) is 3.26. The summed E-state index contributed by atoms with van der Waals surface area (Å²) in [5.41, 5.74) is 7.65. The Morgan fingerprint density at radius 3 is 2.95 bits per heavy atom. The number of thioether (sulfide) groups is 1. The molecule has 0 saturated carbocycles. The molecule has 1 aromatic heterocycles. The molecule has 0 spiro atoms. The van der Waals surface area contributed by atoms with Crippen LogP contribution in [0.3, 0.4) is 0 Å². The Morgan fingerprint density at radius 2 is 2.21 bits per heavy atom. The summed E-state index contributed by atoms with van der Waals surface area (Å²) < 4.78 is 0.248. The van der Waals surface area contributed by atoms with Crippen molar-refractivity contribution in [1.82, 2.24) is 9.88 Å². The average molecular weight is 279 g/mol. The summed E-state index contributed by atoms with van der Waals surface area (Å²) in [5, 5.41) is 0. The molecule has 0 unspecified atom stereocenters. The number of rotatable bonds is 1. The van der Waals surface area contributed by atoms with Gasteiger partial charge in [-0.3, -0.25) is 9.78 Å². The Bertz CT molecular complexity index is 488. The Hall–Kier alpha value is -1.23. The number of nitrogens with two attached hydrogens (primary N) is 1. The Morgan fingerprint density at radius 1 is 1.47 bits per heavy atom. The molecule has 2 heterocycles. The molecule has 1 fully saturated rings. The lowest BCUT2D eigenvalue weighted by Crippen LogP contribution is -2.34. The minimum Gasteiger partial charge on any atom is -0.397 e. The highest BCUT2D eigenvalue weighted by molar-refractivity contribution is 8.00. The Balaban J connectivity index is 2.17. The van der Waals surface area contributed by atoms with Crippen molar-refractivity contribution in [1.29, 1.82) is 0 Å². The lowest BCUT2D eigenvalue weighted by molar-refractivity contribution is 0.0763. The molecule has 1 aliphatic heterocycles. The maximum absolute atomic E-state index is 12.6. The standard InChI is InChI=1S/C14H21N3OS/c1-10-12(8-11(15)9-16-10)13(18)17-5-4-14(2,3)19-7-6-17/h8-9H,4-7,15H2,1-3H3. The maximum Gasteiger partial charge on any atom is 0.255 e. The molecule has 104 valence electrons.